The molecule has 0 aliphatic rings. The molecule has 304 valence electrons. The van der Waals surface area contributed by atoms with Gasteiger partial charge in [-0.1, -0.05) is 140 Å². The molecule has 10 heteroatoms. The first-order chi connectivity index (χ1) is 25.3. The van der Waals surface area contributed by atoms with Crippen molar-refractivity contribution >= 4 is 19.8 Å². The topological polar surface area (TPSA) is 134 Å². The van der Waals surface area contributed by atoms with E-state index in [1.165, 1.54) is 83.5 Å². The van der Waals surface area contributed by atoms with Crippen molar-refractivity contribution in [1.82, 2.24) is 0 Å². The van der Waals surface area contributed by atoms with Crippen LogP contribution in [0, 0.1) is 0 Å². The molecule has 0 saturated carbocycles. The fraction of sp³-hybridized carbons (Fsp3) is 0.810. The summed E-state index contributed by atoms with van der Waals surface area (Å²) >= 11 is 0. The first-order valence-electron chi connectivity index (χ1n) is 21.0. The second-order valence-corrected chi connectivity index (χ2v) is 15.3. The molecule has 0 aliphatic heterocycles. The van der Waals surface area contributed by atoms with Gasteiger partial charge in [-0.05, 0) is 70.6 Å². The van der Waals surface area contributed by atoms with Crippen LogP contribution in [-0.4, -0.2) is 49.3 Å². The molecular weight excluding hydrogens is 677 g/mol. The van der Waals surface area contributed by atoms with Crippen molar-refractivity contribution in [2.75, 3.05) is 26.4 Å². The van der Waals surface area contributed by atoms with Gasteiger partial charge >= 0.3 is 19.8 Å². The number of phosphoric ester groups is 1. The highest BCUT2D eigenvalue weighted by Crippen LogP contribution is 2.43. The number of ether oxygens (including phenoxy) is 2. The van der Waals surface area contributed by atoms with E-state index in [1.54, 1.807) is 0 Å². The highest BCUT2D eigenvalue weighted by Gasteiger charge is 2.26. The van der Waals surface area contributed by atoms with Crippen molar-refractivity contribution in [3.63, 3.8) is 0 Å². The Hall–Kier alpha value is -1.77. The smallest absolute Gasteiger partial charge is 0.462 e. The molecule has 0 aromatic carbocycles. The van der Waals surface area contributed by atoms with Crippen LogP contribution in [0.4, 0.5) is 0 Å². The quantitative estimate of drug-likeness (QED) is 0.0272. The molecule has 0 saturated heterocycles. The zero-order valence-corrected chi connectivity index (χ0v) is 34.2. The Morgan fingerprint density at radius 3 is 1.52 bits per heavy atom. The summed E-state index contributed by atoms with van der Waals surface area (Å²) in [5, 5.41) is 0. The minimum absolute atomic E-state index is 0.0505. The third-order valence-corrected chi connectivity index (χ3v) is 9.73. The van der Waals surface area contributed by atoms with Crippen LogP contribution in [0.1, 0.15) is 187 Å². The fourth-order valence-electron chi connectivity index (χ4n) is 5.60. The van der Waals surface area contributed by atoms with Gasteiger partial charge in [0.2, 0.25) is 0 Å². The Kier molecular flexibility index (Phi) is 37.6. The average Bonchev–Trinajstić information content (AvgIpc) is 3.13. The molecule has 9 nitrogen and oxygen atoms in total. The third-order valence-electron chi connectivity index (χ3n) is 8.75. The molecule has 0 aliphatic carbocycles. The summed E-state index contributed by atoms with van der Waals surface area (Å²) in [4.78, 5) is 34.8. The van der Waals surface area contributed by atoms with E-state index in [9.17, 15) is 19.0 Å². The van der Waals surface area contributed by atoms with E-state index in [0.29, 0.717) is 6.42 Å². The van der Waals surface area contributed by atoms with Crippen LogP contribution < -0.4 is 5.73 Å². The predicted molar refractivity (Wildman–Crippen MR) is 215 cm³/mol. The number of allylic oxidation sites excluding steroid dienone is 6. The molecule has 0 heterocycles. The Labute approximate surface area is 318 Å². The van der Waals surface area contributed by atoms with Gasteiger partial charge < -0.3 is 20.1 Å². The van der Waals surface area contributed by atoms with Crippen LogP contribution in [0.25, 0.3) is 0 Å². The summed E-state index contributed by atoms with van der Waals surface area (Å²) in [5.41, 5.74) is 5.34. The summed E-state index contributed by atoms with van der Waals surface area (Å²) < 4.78 is 32.7. The summed E-state index contributed by atoms with van der Waals surface area (Å²) in [6, 6.07) is 0. The molecule has 2 atom stereocenters. The number of rotatable bonds is 39. The van der Waals surface area contributed by atoms with Crippen LogP contribution in [0.3, 0.4) is 0 Å². The van der Waals surface area contributed by atoms with E-state index in [1.807, 2.05) is 0 Å². The molecule has 3 N–H and O–H groups in total. The van der Waals surface area contributed by atoms with Crippen molar-refractivity contribution < 1.29 is 37.6 Å². The number of unbranched alkanes of at least 4 members (excludes halogenated alkanes) is 20. The maximum atomic E-state index is 12.6. The van der Waals surface area contributed by atoms with Crippen molar-refractivity contribution in [3.8, 4) is 0 Å². The van der Waals surface area contributed by atoms with E-state index in [4.69, 9.17) is 24.3 Å². The zero-order valence-electron chi connectivity index (χ0n) is 33.3. The number of nitrogens with two attached hydrogens (primary N) is 1. The van der Waals surface area contributed by atoms with Crippen LogP contribution >= 0.6 is 7.82 Å². The maximum Gasteiger partial charge on any atom is 0.472 e. The SMILES string of the molecule is CCCCC/C=C\C/C=C\CCCCCCCCCC(=O)O[C@H](COC(=O)CCCCCCC/C=C\CCCCCCC)COP(=O)(O)OCCN. The summed E-state index contributed by atoms with van der Waals surface area (Å²) in [5.74, 6) is -0.847. The highest BCUT2D eigenvalue weighted by molar-refractivity contribution is 7.47. The lowest BCUT2D eigenvalue weighted by molar-refractivity contribution is -0.161. The van der Waals surface area contributed by atoms with Gasteiger partial charge in [0.1, 0.15) is 6.61 Å². The van der Waals surface area contributed by atoms with Gasteiger partial charge in [-0.25, -0.2) is 4.57 Å². The van der Waals surface area contributed by atoms with Crippen LogP contribution in [0.2, 0.25) is 0 Å². The van der Waals surface area contributed by atoms with Crippen LogP contribution in [-0.2, 0) is 32.7 Å². The molecule has 0 rings (SSSR count). The average molecular weight is 756 g/mol. The maximum absolute atomic E-state index is 12.6. The van der Waals surface area contributed by atoms with E-state index < -0.39 is 32.5 Å². The number of esters is 2. The molecule has 0 aromatic rings. The molecule has 0 spiro atoms. The molecule has 0 fully saturated rings. The van der Waals surface area contributed by atoms with Crippen molar-refractivity contribution in [2.45, 2.75) is 193 Å². The van der Waals surface area contributed by atoms with Crippen LogP contribution in [0.5, 0.6) is 0 Å². The lowest BCUT2D eigenvalue weighted by atomic mass is 10.1. The molecule has 0 bridgehead atoms. The monoisotopic (exact) mass is 756 g/mol. The minimum Gasteiger partial charge on any atom is -0.462 e. The lowest BCUT2D eigenvalue weighted by Gasteiger charge is -2.19. The van der Waals surface area contributed by atoms with E-state index >= 15 is 0 Å². The van der Waals surface area contributed by atoms with Gasteiger partial charge in [-0.3, -0.25) is 18.6 Å². The largest absolute Gasteiger partial charge is 0.472 e. The number of phosphoric acid groups is 1. The van der Waals surface area contributed by atoms with Gasteiger partial charge in [-0.2, -0.15) is 0 Å². The normalized spacial score (nSPS) is 13.7. The first kappa shape index (κ1) is 50.2. The van der Waals surface area contributed by atoms with E-state index in [0.717, 1.165) is 70.6 Å². The Bertz CT molecular complexity index is 954. The van der Waals surface area contributed by atoms with Crippen molar-refractivity contribution in [3.05, 3.63) is 36.5 Å². The fourth-order valence-corrected chi connectivity index (χ4v) is 6.36. The number of hydrogen-bond donors (Lipinski definition) is 2. The van der Waals surface area contributed by atoms with Gasteiger partial charge in [0.15, 0.2) is 6.10 Å². The van der Waals surface area contributed by atoms with Gasteiger partial charge in [0, 0.05) is 19.4 Å². The van der Waals surface area contributed by atoms with Gasteiger partial charge in [0.25, 0.3) is 0 Å². The highest BCUT2D eigenvalue weighted by atomic mass is 31.2. The molecule has 1 unspecified atom stereocenters. The van der Waals surface area contributed by atoms with Crippen molar-refractivity contribution in [2.24, 2.45) is 5.73 Å². The first-order valence-corrected chi connectivity index (χ1v) is 22.5. The number of carbonyl (C=O) groups is 2. The standard InChI is InChI=1S/C42H78NO8P/c1-3-5-7-9-11-13-15-17-19-20-21-23-25-27-29-31-33-35-42(45)51-40(39-50-52(46,47)49-37-36-43)38-48-41(44)34-32-30-28-26-24-22-18-16-14-12-10-8-6-4-2/h11,13,16-19,40H,3-10,12,14-15,20-39,43H2,1-2H3,(H,46,47)/b13-11-,18-16-,19-17-/t40-/m1/s1. The Morgan fingerprint density at radius 1 is 0.577 bits per heavy atom. The number of carbonyl (C=O) groups excluding carboxylic acids is 2. The summed E-state index contributed by atoms with van der Waals surface area (Å²) in [6.07, 6.45) is 41.7. The second kappa shape index (κ2) is 38.9. The molecule has 0 radical (unpaired) electrons. The molecule has 0 aromatic heterocycles. The van der Waals surface area contributed by atoms with E-state index in [2.05, 4.69) is 50.3 Å². The molecule has 0 amide bonds. The van der Waals surface area contributed by atoms with Crippen LogP contribution in [0.15, 0.2) is 36.5 Å². The van der Waals surface area contributed by atoms with Gasteiger partial charge in [-0.15, -0.1) is 0 Å². The van der Waals surface area contributed by atoms with Gasteiger partial charge in [0.05, 0.1) is 13.2 Å². The predicted octanol–water partition coefficient (Wildman–Crippen LogP) is 11.8. The number of hydrogen-bond acceptors (Lipinski definition) is 8. The Balaban J connectivity index is 4.20. The van der Waals surface area contributed by atoms with Crippen molar-refractivity contribution in [1.29, 1.82) is 0 Å². The third kappa shape index (κ3) is 38.0. The summed E-state index contributed by atoms with van der Waals surface area (Å²) in [7, 11) is -4.38. The lowest BCUT2D eigenvalue weighted by Crippen LogP contribution is -2.29. The Morgan fingerprint density at radius 2 is 1.00 bits per heavy atom. The second-order valence-electron chi connectivity index (χ2n) is 13.8. The molecule has 52 heavy (non-hydrogen) atoms. The minimum atomic E-state index is -4.38. The summed E-state index contributed by atoms with van der Waals surface area (Å²) in [6.45, 7) is 3.68. The molecular formula is C42H78NO8P. The zero-order chi connectivity index (χ0) is 38.2. The van der Waals surface area contributed by atoms with E-state index in [-0.39, 0.29) is 32.6 Å².